The summed E-state index contributed by atoms with van der Waals surface area (Å²) in [5.41, 5.74) is 3.52. The molecule has 1 N–H and O–H groups in total. The lowest BCUT2D eigenvalue weighted by Gasteiger charge is -2.15. The topological polar surface area (TPSA) is 81.1 Å². The van der Waals surface area contributed by atoms with E-state index in [1.54, 1.807) is 6.07 Å². The summed E-state index contributed by atoms with van der Waals surface area (Å²) >= 11 is 0. The van der Waals surface area contributed by atoms with Gasteiger partial charge < -0.3 is 9.72 Å². The van der Waals surface area contributed by atoms with Crippen LogP contribution in [0.25, 0.3) is 11.0 Å². The van der Waals surface area contributed by atoms with Crippen molar-refractivity contribution in [1.29, 1.82) is 0 Å². The van der Waals surface area contributed by atoms with Crippen molar-refractivity contribution in [3.05, 3.63) is 63.5 Å². The van der Waals surface area contributed by atoms with E-state index in [-0.39, 0.29) is 11.8 Å². The highest BCUT2D eigenvalue weighted by molar-refractivity contribution is 5.77. The van der Waals surface area contributed by atoms with Crippen LogP contribution in [0.2, 0.25) is 0 Å². The average molecular weight is 311 g/mol. The highest BCUT2D eigenvalue weighted by atomic mass is 16.6. The second-order valence-electron chi connectivity index (χ2n) is 5.61. The first-order chi connectivity index (χ1) is 10.9. The number of nitro benzene ring substituents is 1. The number of nitro groups is 1. The minimum atomic E-state index is -0.421. The molecule has 2 aromatic carbocycles. The number of benzene rings is 2. The van der Waals surface area contributed by atoms with Crippen LogP contribution in [0.5, 0.6) is 5.75 Å². The zero-order valence-corrected chi connectivity index (χ0v) is 13.2. The molecule has 1 heterocycles. The summed E-state index contributed by atoms with van der Waals surface area (Å²) < 4.78 is 5.99. The number of aromatic nitrogens is 2. The minimum Gasteiger partial charge on any atom is -0.483 e. The number of rotatable bonds is 4. The summed E-state index contributed by atoms with van der Waals surface area (Å²) in [6, 6.07) is 10.6. The third kappa shape index (κ3) is 3.01. The van der Waals surface area contributed by atoms with Crippen LogP contribution in [-0.4, -0.2) is 14.9 Å². The van der Waals surface area contributed by atoms with Gasteiger partial charge >= 0.3 is 0 Å². The predicted molar refractivity (Wildman–Crippen MR) is 87.7 cm³/mol. The van der Waals surface area contributed by atoms with Crippen LogP contribution in [0.1, 0.15) is 30.0 Å². The fraction of sp³-hybridized carbons (Fsp3) is 0.235. The molecule has 0 aliphatic rings. The lowest BCUT2D eigenvalue weighted by molar-refractivity contribution is -0.384. The molecular formula is C17H17N3O3. The first-order valence-electron chi connectivity index (χ1n) is 7.32. The molecule has 0 amide bonds. The lowest BCUT2D eigenvalue weighted by atomic mass is 10.1. The van der Waals surface area contributed by atoms with Crippen LogP contribution in [0, 0.1) is 24.0 Å². The van der Waals surface area contributed by atoms with Gasteiger partial charge in [0, 0.05) is 12.1 Å². The van der Waals surface area contributed by atoms with Gasteiger partial charge in [-0.15, -0.1) is 0 Å². The molecule has 0 fully saturated rings. The fourth-order valence-electron chi connectivity index (χ4n) is 2.40. The van der Waals surface area contributed by atoms with Crippen molar-refractivity contribution in [2.45, 2.75) is 26.9 Å². The highest BCUT2D eigenvalue weighted by Gasteiger charge is 2.15. The largest absolute Gasteiger partial charge is 0.483 e. The second kappa shape index (κ2) is 5.72. The lowest BCUT2D eigenvalue weighted by Crippen LogP contribution is -2.06. The van der Waals surface area contributed by atoms with Gasteiger partial charge in [-0.1, -0.05) is 12.1 Å². The van der Waals surface area contributed by atoms with Crippen LogP contribution in [0.3, 0.4) is 0 Å². The molecule has 118 valence electrons. The van der Waals surface area contributed by atoms with Crippen LogP contribution in [-0.2, 0) is 0 Å². The first-order valence-corrected chi connectivity index (χ1v) is 7.32. The maximum atomic E-state index is 10.8. The minimum absolute atomic E-state index is 0.0378. The molecule has 0 aliphatic heterocycles. The number of fused-ring (bicyclic) bond motifs is 1. The predicted octanol–water partition coefficient (Wildman–Crippen LogP) is 4.23. The van der Waals surface area contributed by atoms with Crippen LogP contribution in [0.15, 0.2) is 36.4 Å². The van der Waals surface area contributed by atoms with Crippen molar-refractivity contribution in [2.24, 2.45) is 0 Å². The summed E-state index contributed by atoms with van der Waals surface area (Å²) in [5, 5.41) is 10.8. The van der Waals surface area contributed by atoms with Gasteiger partial charge in [0.05, 0.1) is 16.0 Å². The quantitative estimate of drug-likeness (QED) is 0.577. The Balaban J connectivity index is 1.90. The van der Waals surface area contributed by atoms with E-state index in [4.69, 9.17) is 4.74 Å². The van der Waals surface area contributed by atoms with E-state index in [1.165, 1.54) is 12.1 Å². The van der Waals surface area contributed by atoms with Crippen molar-refractivity contribution in [3.8, 4) is 5.75 Å². The van der Waals surface area contributed by atoms with Crippen LogP contribution >= 0.6 is 0 Å². The zero-order chi connectivity index (χ0) is 16.6. The Bertz CT molecular complexity index is 886. The molecule has 0 saturated heterocycles. The van der Waals surface area contributed by atoms with Crippen LogP contribution in [0.4, 0.5) is 5.69 Å². The molecule has 3 rings (SSSR count). The van der Waals surface area contributed by atoms with Gasteiger partial charge in [0.2, 0.25) is 0 Å². The summed E-state index contributed by atoms with van der Waals surface area (Å²) in [6.07, 6.45) is -0.290. The smallest absolute Gasteiger partial charge is 0.271 e. The summed E-state index contributed by atoms with van der Waals surface area (Å²) in [5.74, 6) is 1.45. The maximum absolute atomic E-state index is 10.8. The Morgan fingerprint density at radius 3 is 2.74 bits per heavy atom. The molecule has 0 radical (unpaired) electrons. The maximum Gasteiger partial charge on any atom is 0.271 e. The van der Waals surface area contributed by atoms with Crippen LogP contribution < -0.4 is 4.74 Å². The van der Waals surface area contributed by atoms with Crippen molar-refractivity contribution >= 4 is 16.7 Å². The Morgan fingerprint density at radius 1 is 1.22 bits per heavy atom. The number of aryl methyl sites for hydroxylation is 2. The third-order valence-electron chi connectivity index (χ3n) is 3.73. The number of H-pyrrole nitrogens is 1. The summed E-state index contributed by atoms with van der Waals surface area (Å²) in [7, 11) is 0. The van der Waals surface area contributed by atoms with E-state index < -0.39 is 4.92 Å². The number of hydrogen-bond donors (Lipinski definition) is 1. The average Bonchev–Trinajstić information content (AvgIpc) is 2.94. The SMILES string of the molecule is Cc1ccc(C)c(OC(C)c2nc3ccc([N+](=O)[O-])cc3[nH]2)c1. The van der Waals surface area contributed by atoms with Gasteiger partial charge in [0.15, 0.2) is 6.10 Å². The summed E-state index contributed by atoms with van der Waals surface area (Å²) in [4.78, 5) is 18.0. The fourth-order valence-corrected chi connectivity index (χ4v) is 2.40. The van der Waals surface area contributed by atoms with E-state index >= 15 is 0 Å². The Hall–Kier alpha value is -2.89. The third-order valence-corrected chi connectivity index (χ3v) is 3.73. The van der Waals surface area contributed by atoms with Gasteiger partial charge in [-0.3, -0.25) is 10.1 Å². The molecule has 23 heavy (non-hydrogen) atoms. The molecule has 0 spiro atoms. The molecular weight excluding hydrogens is 294 g/mol. The van der Waals surface area contributed by atoms with E-state index in [9.17, 15) is 10.1 Å². The van der Waals surface area contributed by atoms with Gasteiger partial charge in [0.25, 0.3) is 5.69 Å². The molecule has 1 atom stereocenters. The number of hydrogen-bond acceptors (Lipinski definition) is 4. The van der Waals surface area contributed by atoms with Gasteiger partial charge in [-0.2, -0.15) is 0 Å². The van der Waals surface area contributed by atoms with E-state index in [0.29, 0.717) is 16.9 Å². The molecule has 0 saturated carbocycles. The van der Waals surface area contributed by atoms with E-state index in [2.05, 4.69) is 9.97 Å². The molecule has 6 heteroatoms. The molecule has 0 aliphatic carbocycles. The number of nitrogens with zero attached hydrogens (tertiary/aromatic N) is 2. The number of non-ortho nitro benzene ring substituents is 1. The molecule has 1 unspecified atom stereocenters. The Morgan fingerprint density at radius 2 is 2.00 bits per heavy atom. The molecule has 0 bridgehead atoms. The normalized spacial score (nSPS) is 12.3. The van der Waals surface area contributed by atoms with Gasteiger partial charge in [-0.05, 0) is 44.0 Å². The standard InChI is InChI=1S/C17H17N3O3/c1-10-4-5-11(2)16(8-10)23-12(3)17-18-14-7-6-13(20(21)22)9-15(14)19-17/h4-9,12H,1-3H3,(H,18,19). The van der Waals surface area contributed by atoms with Crippen molar-refractivity contribution < 1.29 is 9.66 Å². The number of ether oxygens (including phenoxy) is 1. The molecule has 3 aromatic rings. The van der Waals surface area contributed by atoms with Crippen molar-refractivity contribution in [1.82, 2.24) is 9.97 Å². The molecule has 1 aromatic heterocycles. The van der Waals surface area contributed by atoms with E-state index in [1.807, 2.05) is 39.0 Å². The Kier molecular flexibility index (Phi) is 3.73. The number of nitrogens with one attached hydrogen (secondary N) is 1. The number of aromatic amines is 1. The first kappa shape index (κ1) is 15.0. The zero-order valence-electron chi connectivity index (χ0n) is 13.2. The second-order valence-corrected chi connectivity index (χ2v) is 5.61. The van der Waals surface area contributed by atoms with E-state index in [0.717, 1.165) is 16.9 Å². The van der Waals surface area contributed by atoms with Crippen molar-refractivity contribution in [3.63, 3.8) is 0 Å². The van der Waals surface area contributed by atoms with Crippen molar-refractivity contribution in [2.75, 3.05) is 0 Å². The van der Waals surface area contributed by atoms with Gasteiger partial charge in [0.1, 0.15) is 11.6 Å². The number of imidazole rings is 1. The Labute approximate surface area is 133 Å². The van der Waals surface area contributed by atoms with Gasteiger partial charge in [-0.25, -0.2) is 4.98 Å². The highest BCUT2D eigenvalue weighted by Crippen LogP contribution is 2.27. The monoisotopic (exact) mass is 311 g/mol. The summed E-state index contributed by atoms with van der Waals surface area (Å²) in [6.45, 7) is 5.90. The molecule has 6 nitrogen and oxygen atoms in total.